The van der Waals surface area contributed by atoms with E-state index in [1.165, 1.54) is 18.0 Å². The fraction of sp³-hybridized carbons (Fsp3) is 0.400. The van der Waals surface area contributed by atoms with E-state index in [9.17, 15) is 9.59 Å². The maximum absolute atomic E-state index is 11.7. The van der Waals surface area contributed by atoms with Gasteiger partial charge in [-0.2, -0.15) is 0 Å². The number of rotatable bonds is 5. The number of Topliss-reactive ketones (excluding diaryl/α,β-unsaturated/α-hetero) is 1. The Bertz CT molecular complexity index is 440. The predicted molar refractivity (Wildman–Crippen MR) is 64.4 cm³/mol. The van der Waals surface area contributed by atoms with Crippen molar-refractivity contribution in [1.82, 2.24) is 9.97 Å². The van der Waals surface area contributed by atoms with E-state index in [0.29, 0.717) is 5.16 Å². The molecule has 0 aliphatic carbocycles. The van der Waals surface area contributed by atoms with Crippen molar-refractivity contribution in [3.63, 3.8) is 0 Å². The predicted octanol–water partition coefficient (Wildman–Crippen LogP) is 1.99. The summed E-state index contributed by atoms with van der Waals surface area (Å²) >= 11 is 7.14. The lowest BCUT2D eigenvalue weighted by Crippen LogP contribution is -2.12. The second kappa shape index (κ2) is 6.56. The molecule has 1 heterocycles. The summed E-state index contributed by atoms with van der Waals surface area (Å²) in [5.74, 6) is -1.02. The first-order chi connectivity index (χ1) is 8.08. The van der Waals surface area contributed by atoms with Crippen LogP contribution >= 0.6 is 23.4 Å². The number of carbonyl (C=O) groups is 2. The van der Waals surface area contributed by atoms with Crippen LogP contribution in [0.25, 0.3) is 0 Å². The van der Waals surface area contributed by atoms with Crippen LogP contribution in [-0.2, 0) is 9.53 Å². The Labute approximate surface area is 108 Å². The molecular formula is C10H11ClN2O3S. The monoisotopic (exact) mass is 274 g/mol. The van der Waals surface area contributed by atoms with Crippen LogP contribution in [0.3, 0.4) is 0 Å². The van der Waals surface area contributed by atoms with Crippen molar-refractivity contribution in [3.8, 4) is 0 Å². The molecule has 0 saturated heterocycles. The number of aromatic nitrogens is 2. The third kappa shape index (κ3) is 3.98. The van der Waals surface area contributed by atoms with Crippen LogP contribution in [-0.4, -0.2) is 34.6 Å². The van der Waals surface area contributed by atoms with E-state index in [1.54, 1.807) is 13.2 Å². The highest BCUT2D eigenvalue weighted by Gasteiger charge is 2.17. The Hall–Kier alpha value is -1.14. The minimum Gasteiger partial charge on any atom is -0.466 e. The molecule has 0 atom stereocenters. The molecule has 0 radical (unpaired) electrons. The molecular weight excluding hydrogens is 264 g/mol. The van der Waals surface area contributed by atoms with Crippen molar-refractivity contribution >= 4 is 35.1 Å². The molecule has 92 valence electrons. The van der Waals surface area contributed by atoms with Crippen LogP contribution in [0.2, 0.25) is 5.15 Å². The smallest absolute Gasteiger partial charge is 0.313 e. The largest absolute Gasteiger partial charge is 0.466 e. The Kier molecular flexibility index (Phi) is 5.37. The van der Waals surface area contributed by atoms with Gasteiger partial charge in [0.25, 0.3) is 0 Å². The third-order valence-corrected chi connectivity index (χ3v) is 2.66. The number of esters is 1. The summed E-state index contributed by atoms with van der Waals surface area (Å²) in [7, 11) is 0. The van der Waals surface area contributed by atoms with Crippen molar-refractivity contribution in [2.45, 2.75) is 18.5 Å². The number of ketones is 1. The van der Waals surface area contributed by atoms with Gasteiger partial charge in [-0.25, -0.2) is 9.97 Å². The average Bonchev–Trinajstić information content (AvgIpc) is 2.28. The molecule has 1 aromatic rings. The molecule has 0 fully saturated rings. The number of hydrogen-bond acceptors (Lipinski definition) is 6. The molecule has 7 heteroatoms. The van der Waals surface area contributed by atoms with Crippen LogP contribution in [0.15, 0.2) is 11.4 Å². The van der Waals surface area contributed by atoms with Gasteiger partial charge in [0.15, 0.2) is 10.9 Å². The molecule has 5 nitrogen and oxygen atoms in total. The van der Waals surface area contributed by atoms with Crippen molar-refractivity contribution in [2.24, 2.45) is 0 Å². The van der Waals surface area contributed by atoms with Crippen LogP contribution in [0, 0.1) is 0 Å². The van der Waals surface area contributed by atoms with E-state index >= 15 is 0 Å². The molecule has 17 heavy (non-hydrogen) atoms. The lowest BCUT2D eigenvalue weighted by molar-refractivity contribution is -0.141. The molecule has 0 bridgehead atoms. The van der Waals surface area contributed by atoms with E-state index in [1.807, 2.05) is 0 Å². The summed E-state index contributed by atoms with van der Waals surface area (Å²) < 4.78 is 4.67. The zero-order chi connectivity index (χ0) is 12.8. The molecule has 0 saturated carbocycles. The van der Waals surface area contributed by atoms with Gasteiger partial charge in [-0.15, -0.1) is 0 Å². The minimum absolute atomic E-state index is 0.0543. The van der Waals surface area contributed by atoms with Crippen molar-refractivity contribution in [1.29, 1.82) is 0 Å². The molecule has 0 amide bonds. The summed E-state index contributed by atoms with van der Waals surface area (Å²) in [5.41, 5.74) is 0.137. The molecule has 0 aromatic carbocycles. The highest BCUT2D eigenvalue weighted by Crippen LogP contribution is 2.18. The van der Waals surface area contributed by atoms with Gasteiger partial charge in [-0.05, 0) is 13.2 Å². The first kappa shape index (κ1) is 13.9. The highest BCUT2D eigenvalue weighted by atomic mass is 35.5. The lowest BCUT2D eigenvalue weighted by Gasteiger charge is -2.03. The number of carbonyl (C=O) groups excluding carboxylic acids is 2. The summed E-state index contributed by atoms with van der Waals surface area (Å²) in [5, 5.41) is 0.529. The lowest BCUT2D eigenvalue weighted by atomic mass is 10.2. The fourth-order valence-electron chi connectivity index (χ4n) is 1.07. The SMILES string of the molecule is CCOC(=O)CC(=O)c1cnc(SC)nc1Cl. The van der Waals surface area contributed by atoms with E-state index in [4.69, 9.17) is 11.6 Å². The van der Waals surface area contributed by atoms with Crippen LogP contribution in [0.5, 0.6) is 0 Å². The number of halogens is 1. The van der Waals surface area contributed by atoms with Gasteiger partial charge in [0.2, 0.25) is 0 Å². The third-order valence-electron chi connectivity index (χ3n) is 1.81. The number of hydrogen-bond donors (Lipinski definition) is 0. The zero-order valence-electron chi connectivity index (χ0n) is 9.40. The normalized spacial score (nSPS) is 10.1. The van der Waals surface area contributed by atoms with Gasteiger partial charge < -0.3 is 4.74 Å². The van der Waals surface area contributed by atoms with E-state index < -0.39 is 11.8 Å². The molecule has 1 rings (SSSR count). The minimum atomic E-state index is -0.581. The van der Waals surface area contributed by atoms with Gasteiger partial charge in [0, 0.05) is 6.20 Å². The topological polar surface area (TPSA) is 69.2 Å². The molecule has 0 aliphatic heterocycles. The van der Waals surface area contributed by atoms with Gasteiger partial charge in [0.05, 0.1) is 12.2 Å². The number of thioether (sulfide) groups is 1. The Balaban J connectivity index is 2.79. The van der Waals surface area contributed by atoms with Gasteiger partial charge in [-0.3, -0.25) is 9.59 Å². The zero-order valence-corrected chi connectivity index (χ0v) is 11.0. The highest BCUT2D eigenvalue weighted by molar-refractivity contribution is 7.98. The van der Waals surface area contributed by atoms with Gasteiger partial charge >= 0.3 is 5.97 Å². The van der Waals surface area contributed by atoms with Crippen molar-refractivity contribution < 1.29 is 14.3 Å². The maximum atomic E-state index is 11.7. The van der Waals surface area contributed by atoms with Crippen molar-refractivity contribution in [3.05, 3.63) is 16.9 Å². The number of ether oxygens (including phenoxy) is 1. The molecule has 0 aliphatic rings. The molecule has 0 unspecified atom stereocenters. The maximum Gasteiger partial charge on any atom is 0.313 e. The standard InChI is InChI=1S/C10H11ClN2O3S/c1-3-16-8(15)4-7(14)6-5-12-10(17-2)13-9(6)11/h5H,3-4H2,1-2H3. The quantitative estimate of drug-likeness (QED) is 0.204. The Morgan fingerprint density at radius 1 is 1.53 bits per heavy atom. The van der Waals surface area contributed by atoms with Crippen LogP contribution < -0.4 is 0 Å². The van der Waals surface area contributed by atoms with E-state index in [-0.39, 0.29) is 23.7 Å². The summed E-state index contributed by atoms with van der Waals surface area (Å²) in [6.07, 6.45) is 2.77. The van der Waals surface area contributed by atoms with Crippen molar-refractivity contribution in [2.75, 3.05) is 12.9 Å². The molecule has 1 aromatic heterocycles. The van der Waals surface area contributed by atoms with Gasteiger partial charge in [-0.1, -0.05) is 23.4 Å². The van der Waals surface area contributed by atoms with E-state index in [2.05, 4.69) is 14.7 Å². The first-order valence-electron chi connectivity index (χ1n) is 4.83. The Morgan fingerprint density at radius 3 is 2.76 bits per heavy atom. The molecule has 0 spiro atoms. The summed E-state index contributed by atoms with van der Waals surface area (Å²) in [6.45, 7) is 1.91. The second-order valence-corrected chi connectivity index (χ2v) is 4.10. The second-order valence-electron chi connectivity index (χ2n) is 2.97. The average molecular weight is 275 g/mol. The summed E-state index contributed by atoms with van der Waals surface area (Å²) in [6, 6.07) is 0. The number of nitrogens with zero attached hydrogens (tertiary/aromatic N) is 2. The van der Waals surface area contributed by atoms with E-state index in [0.717, 1.165) is 0 Å². The Morgan fingerprint density at radius 2 is 2.24 bits per heavy atom. The van der Waals surface area contributed by atoms with Gasteiger partial charge in [0.1, 0.15) is 11.6 Å². The van der Waals surface area contributed by atoms with Crippen LogP contribution in [0.1, 0.15) is 23.7 Å². The summed E-state index contributed by atoms with van der Waals surface area (Å²) in [4.78, 5) is 30.6. The van der Waals surface area contributed by atoms with Crippen LogP contribution in [0.4, 0.5) is 0 Å². The fourth-order valence-corrected chi connectivity index (χ4v) is 1.69. The first-order valence-corrected chi connectivity index (χ1v) is 6.44. The molecule has 0 N–H and O–H groups in total.